The van der Waals surface area contributed by atoms with Crippen LogP contribution in [0.25, 0.3) is 0 Å². The van der Waals surface area contributed by atoms with E-state index < -0.39 is 0 Å². The van der Waals surface area contributed by atoms with Crippen LogP contribution in [0.2, 0.25) is 0 Å². The van der Waals surface area contributed by atoms with E-state index in [1.165, 1.54) is 5.56 Å². The van der Waals surface area contributed by atoms with Crippen LogP contribution in [0.1, 0.15) is 38.8 Å². The number of hydrogen-bond acceptors (Lipinski definition) is 1. The maximum atomic E-state index is 3.59. The fraction of sp³-hybridized carbons (Fsp3) is 0.538. The summed E-state index contributed by atoms with van der Waals surface area (Å²) >= 11 is 0. The van der Waals surface area contributed by atoms with E-state index in [4.69, 9.17) is 0 Å². The summed E-state index contributed by atoms with van der Waals surface area (Å²) < 4.78 is 0. The van der Waals surface area contributed by atoms with Gasteiger partial charge in [0.2, 0.25) is 0 Å². The van der Waals surface area contributed by atoms with Gasteiger partial charge in [-0.2, -0.15) is 0 Å². The molecule has 1 heteroatoms. The van der Waals surface area contributed by atoms with Crippen LogP contribution in [0, 0.1) is 5.92 Å². The second-order valence-corrected chi connectivity index (χ2v) is 4.17. The van der Waals surface area contributed by atoms with E-state index in [0.717, 1.165) is 13.0 Å². The Morgan fingerprint density at radius 1 is 1.14 bits per heavy atom. The lowest BCUT2D eigenvalue weighted by atomic mass is 10.0. The first kappa shape index (κ1) is 11.3. The Morgan fingerprint density at radius 2 is 1.79 bits per heavy atom. The van der Waals surface area contributed by atoms with Crippen molar-refractivity contribution in [3.8, 4) is 0 Å². The van der Waals surface area contributed by atoms with Crippen LogP contribution >= 0.6 is 0 Å². The third-order valence-corrected chi connectivity index (χ3v) is 2.38. The lowest BCUT2D eigenvalue weighted by Crippen LogP contribution is -2.24. The van der Waals surface area contributed by atoms with Crippen molar-refractivity contribution in [2.24, 2.45) is 5.92 Å². The average Bonchev–Trinajstić information content (AvgIpc) is 2.20. The maximum absolute atomic E-state index is 3.59. The van der Waals surface area contributed by atoms with Crippen LogP contribution < -0.4 is 5.32 Å². The highest BCUT2D eigenvalue weighted by Gasteiger charge is 2.07. The predicted octanol–water partition coefficient (Wildman–Crippen LogP) is 3.38. The number of nitrogens with one attached hydrogen (secondary N) is 1. The normalized spacial score (nSPS) is 13.1. The molecular formula is C13H21N. The molecule has 0 spiro atoms. The van der Waals surface area contributed by atoms with Crippen LogP contribution in [0.5, 0.6) is 0 Å². The van der Waals surface area contributed by atoms with Crippen LogP contribution in [-0.4, -0.2) is 6.54 Å². The zero-order valence-electron chi connectivity index (χ0n) is 9.46. The number of benzene rings is 1. The average molecular weight is 191 g/mol. The zero-order chi connectivity index (χ0) is 10.4. The smallest absolute Gasteiger partial charge is 0.0317 e. The summed E-state index contributed by atoms with van der Waals surface area (Å²) in [6.07, 6.45) is 1.15. The largest absolute Gasteiger partial charge is 0.310 e. The Hall–Kier alpha value is -0.820. The molecule has 0 aliphatic carbocycles. The molecule has 0 saturated carbocycles. The molecule has 78 valence electrons. The predicted molar refractivity (Wildman–Crippen MR) is 62.3 cm³/mol. The Labute approximate surface area is 87.5 Å². The molecule has 0 amide bonds. The van der Waals surface area contributed by atoms with E-state index in [9.17, 15) is 0 Å². The van der Waals surface area contributed by atoms with Crippen molar-refractivity contribution in [2.45, 2.75) is 33.2 Å². The molecule has 1 rings (SSSR count). The summed E-state index contributed by atoms with van der Waals surface area (Å²) in [6.45, 7) is 7.80. The van der Waals surface area contributed by atoms with Gasteiger partial charge >= 0.3 is 0 Å². The van der Waals surface area contributed by atoms with Gasteiger partial charge in [-0.3, -0.25) is 0 Å². The molecular weight excluding hydrogens is 170 g/mol. The molecule has 0 saturated heterocycles. The summed E-state index contributed by atoms with van der Waals surface area (Å²) in [5.74, 6) is 0.716. The SMILES string of the molecule is CC[C@H](NCC(C)C)c1ccccc1. The molecule has 14 heavy (non-hydrogen) atoms. The summed E-state index contributed by atoms with van der Waals surface area (Å²) in [5, 5.41) is 3.59. The fourth-order valence-electron chi connectivity index (χ4n) is 1.56. The molecule has 1 N–H and O–H groups in total. The Morgan fingerprint density at radius 3 is 2.29 bits per heavy atom. The van der Waals surface area contributed by atoms with E-state index in [-0.39, 0.29) is 0 Å². The van der Waals surface area contributed by atoms with Crippen molar-refractivity contribution in [1.82, 2.24) is 5.32 Å². The third-order valence-electron chi connectivity index (χ3n) is 2.38. The van der Waals surface area contributed by atoms with Crippen LogP contribution in [-0.2, 0) is 0 Å². The first-order chi connectivity index (χ1) is 6.74. The summed E-state index contributed by atoms with van der Waals surface area (Å²) in [6, 6.07) is 11.2. The minimum absolute atomic E-state index is 0.513. The van der Waals surface area contributed by atoms with Crippen LogP contribution in [0.15, 0.2) is 30.3 Å². The minimum Gasteiger partial charge on any atom is -0.310 e. The lowest BCUT2D eigenvalue weighted by molar-refractivity contribution is 0.465. The van der Waals surface area contributed by atoms with Gasteiger partial charge in [0, 0.05) is 6.04 Å². The van der Waals surface area contributed by atoms with E-state index in [1.807, 2.05) is 0 Å². The van der Waals surface area contributed by atoms with Gasteiger partial charge in [0.1, 0.15) is 0 Å². The highest BCUT2D eigenvalue weighted by atomic mass is 14.9. The van der Waals surface area contributed by atoms with Crippen molar-refractivity contribution >= 4 is 0 Å². The lowest BCUT2D eigenvalue weighted by Gasteiger charge is -2.18. The van der Waals surface area contributed by atoms with Crippen LogP contribution in [0.3, 0.4) is 0 Å². The highest BCUT2D eigenvalue weighted by Crippen LogP contribution is 2.15. The van der Waals surface area contributed by atoms with Gasteiger partial charge < -0.3 is 5.32 Å². The molecule has 0 fully saturated rings. The van der Waals surface area contributed by atoms with Gasteiger partial charge in [0.15, 0.2) is 0 Å². The maximum Gasteiger partial charge on any atom is 0.0317 e. The van der Waals surface area contributed by atoms with Crippen molar-refractivity contribution in [2.75, 3.05) is 6.54 Å². The van der Waals surface area contributed by atoms with Crippen molar-refractivity contribution in [1.29, 1.82) is 0 Å². The van der Waals surface area contributed by atoms with Gasteiger partial charge in [-0.25, -0.2) is 0 Å². The topological polar surface area (TPSA) is 12.0 Å². The quantitative estimate of drug-likeness (QED) is 0.752. The summed E-state index contributed by atoms with van der Waals surface area (Å²) in [5.41, 5.74) is 1.40. The Balaban J connectivity index is 2.54. The molecule has 1 nitrogen and oxygen atoms in total. The number of rotatable bonds is 5. The van der Waals surface area contributed by atoms with E-state index in [2.05, 4.69) is 56.4 Å². The third kappa shape index (κ3) is 3.51. The second-order valence-electron chi connectivity index (χ2n) is 4.17. The molecule has 0 bridgehead atoms. The van der Waals surface area contributed by atoms with Crippen molar-refractivity contribution < 1.29 is 0 Å². The van der Waals surface area contributed by atoms with Gasteiger partial charge in [-0.1, -0.05) is 51.1 Å². The second kappa shape index (κ2) is 5.82. The van der Waals surface area contributed by atoms with Crippen molar-refractivity contribution in [3.05, 3.63) is 35.9 Å². The summed E-state index contributed by atoms with van der Waals surface area (Å²) in [4.78, 5) is 0. The molecule has 1 aromatic rings. The van der Waals surface area contributed by atoms with Gasteiger partial charge in [-0.15, -0.1) is 0 Å². The minimum atomic E-state index is 0.513. The monoisotopic (exact) mass is 191 g/mol. The van der Waals surface area contributed by atoms with E-state index in [0.29, 0.717) is 12.0 Å². The van der Waals surface area contributed by atoms with Crippen LogP contribution in [0.4, 0.5) is 0 Å². The molecule has 0 aromatic heterocycles. The molecule has 0 aliphatic rings. The molecule has 0 aliphatic heterocycles. The van der Waals surface area contributed by atoms with Gasteiger partial charge in [0.25, 0.3) is 0 Å². The van der Waals surface area contributed by atoms with E-state index >= 15 is 0 Å². The first-order valence-electron chi connectivity index (χ1n) is 5.52. The molecule has 1 aromatic carbocycles. The Kier molecular flexibility index (Phi) is 4.68. The molecule has 0 unspecified atom stereocenters. The van der Waals surface area contributed by atoms with Gasteiger partial charge in [-0.05, 0) is 24.4 Å². The first-order valence-corrected chi connectivity index (χ1v) is 5.52. The highest BCUT2D eigenvalue weighted by molar-refractivity contribution is 5.18. The standard InChI is InChI=1S/C13H21N/c1-4-13(14-10-11(2)3)12-8-6-5-7-9-12/h5-9,11,13-14H,4,10H2,1-3H3/t13-/m0/s1. The zero-order valence-corrected chi connectivity index (χ0v) is 9.46. The molecule has 0 radical (unpaired) electrons. The summed E-state index contributed by atoms with van der Waals surface area (Å²) in [7, 11) is 0. The van der Waals surface area contributed by atoms with Crippen molar-refractivity contribution in [3.63, 3.8) is 0 Å². The molecule has 1 atom stereocenters. The number of hydrogen-bond donors (Lipinski definition) is 1. The Bertz CT molecular complexity index is 241. The fourth-order valence-corrected chi connectivity index (χ4v) is 1.56. The molecule has 0 heterocycles. The van der Waals surface area contributed by atoms with E-state index in [1.54, 1.807) is 0 Å². The van der Waals surface area contributed by atoms with Gasteiger partial charge in [0.05, 0.1) is 0 Å².